The molecule has 0 fully saturated rings. The molecule has 8 heteroatoms. The van der Waals surface area contributed by atoms with Gasteiger partial charge in [-0.05, 0) is 12.3 Å². The highest BCUT2D eigenvalue weighted by Gasteiger charge is 2.13. The molecule has 0 aromatic rings. The van der Waals surface area contributed by atoms with Crippen molar-refractivity contribution < 1.29 is 23.1 Å². The number of rotatable bonds is 8. The maximum absolute atomic E-state index is 11.4. The number of hydrogen-bond donors (Lipinski definition) is 3. The van der Waals surface area contributed by atoms with Crippen LogP contribution in [-0.2, 0) is 19.6 Å². The van der Waals surface area contributed by atoms with E-state index in [2.05, 4.69) is 10.0 Å². The second-order valence-corrected chi connectivity index (χ2v) is 5.92. The fourth-order valence-electron chi connectivity index (χ4n) is 0.875. The fraction of sp³-hybridized carbons (Fsp3) is 0.778. The van der Waals surface area contributed by atoms with Crippen LogP contribution in [0.15, 0.2) is 0 Å². The number of hydrogen-bond acceptors (Lipinski definition) is 4. The van der Waals surface area contributed by atoms with Crippen molar-refractivity contribution >= 4 is 21.9 Å². The van der Waals surface area contributed by atoms with Crippen LogP contribution >= 0.6 is 0 Å². The number of carbonyl (C=O) groups excluding carboxylic acids is 1. The van der Waals surface area contributed by atoms with Gasteiger partial charge in [-0.25, -0.2) is 13.1 Å². The molecule has 0 aromatic heterocycles. The normalized spacial score (nSPS) is 11.5. The molecule has 0 saturated heterocycles. The molecule has 0 atom stereocenters. The van der Waals surface area contributed by atoms with Gasteiger partial charge in [0.05, 0.1) is 12.3 Å². The Hall–Kier alpha value is -1.15. The lowest BCUT2D eigenvalue weighted by molar-refractivity contribution is -0.137. The Morgan fingerprint density at radius 2 is 1.82 bits per heavy atom. The first-order valence-corrected chi connectivity index (χ1v) is 6.84. The molecule has 0 unspecified atom stereocenters. The van der Waals surface area contributed by atoms with E-state index in [4.69, 9.17) is 5.11 Å². The number of carbonyl (C=O) groups is 2. The van der Waals surface area contributed by atoms with Crippen molar-refractivity contribution in [3.05, 3.63) is 0 Å². The maximum Gasteiger partial charge on any atom is 0.322 e. The van der Waals surface area contributed by atoms with Crippen molar-refractivity contribution in [2.24, 2.45) is 5.92 Å². The molecule has 0 spiro atoms. The van der Waals surface area contributed by atoms with E-state index in [9.17, 15) is 18.0 Å². The van der Waals surface area contributed by atoms with E-state index >= 15 is 0 Å². The fourth-order valence-corrected chi connectivity index (χ4v) is 2.15. The third-order valence-corrected chi connectivity index (χ3v) is 3.21. The summed E-state index contributed by atoms with van der Waals surface area (Å²) in [6.07, 6.45) is 0.506. The second kappa shape index (κ2) is 7.23. The van der Waals surface area contributed by atoms with Gasteiger partial charge in [-0.2, -0.15) is 0 Å². The lowest BCUT2D eigenvalue weighted by Gasteiger charge is -2.08. The molecule has 17 heavy (non-hydrogen) atoms. The van der Waals surface area contributed by atoms with Gasteiger partial charge in [0.25, 0.3) is 0 Å². The number of sulfonamides is 1. The maximum atomic E-state index is 11.4. The van der Waals surface area contributed by atoms with Gasteiger partial charge in [-0.15, -0.1) is 0 Å². The van der Waals surface area contributed by atoms with Gasteiger partial charge in [0.2, 0.25) is 15.9 Å². The summed E-state index contributed by atoms with van der Waals surface area (Å²) in [6, 6.07) is 0. The van der Waals surface area contributed by atoms with Crippen molar-refractivity contribution in [3.63, 3.8) is 0 Å². The topological polar surface area (TPSA) is 113 Å². The van der Waals surface area contributed by atoms with E-state index in [0.717, 1.165) is 0 Å². The number of carboxylic acid groups (broad SMARTS) is 1. The van der Waals surface area contributed by atoms with Crippen LogP contribution in [0.4, 0.5) is 0 Å². The molecule has 3 N–H and O–H groups in total. The first kappa shape index (κ1) is 15.9. The molecule has 0 heterocycles. The molecule has 7 nitrogen and oxygen atoms in total. The molecule has 0 rings (SSSR count). The smallest absolute Gasteiger partial charge is 0.322 e. The van der Waals surface area contributed by atoms with E-state index in [0.29, 0.717) is 6.42 Å². The van der Waals surface area contributed by atoms with Gasteiger partial charge in [-0.3, -0.25) is 9.59 Å². The van der Waals surface area contributed by atoms with Crippen molar-refractivity contribution in [2.45, 2.75) is 20.3 Å². The Balaban J connectivity index is 3.93. The molecule has 0 bridgehead atoms. The third-order valence-electron chi connectivity index (χ3n) is 1.85. The SMILES string of the molecule is CC(C)CCS(=O)(=O)NCC(=O)NCC(=O)O. The summed E-state index contributed by atoms with van der Waals surface area (Å²) in [5.74, 6) is -1.63. The molecular formula is C9H18N2O5S. The van der Waals surface area contributed by atoms with Crippen LogP contribution in [0.3, 0.4) is 0 Å². The van der Waals surface area contributed by atoms with Crippen molar-refractivity contribution in [3.8, 4) is 0 Å². The summed E-state index contributed by atoms with van der Waals surface area (Å²) < 4.78 is 24.8. The molecule has 0 aliphatic rings. The van der Waals surface area contributed by atoms with E-state index in [1.807, 2.05) is 13.8 Å². The van der Waals surface area contributed by atoms with Crippen LogP contribution < -0.4 is 10.0 Å². The lowest BCUT2D eigenvalue weighted by Crippen LogP contribution is -2.39. The zero-order chi connectivity index (χ0) is 13.5. The minimum absolute atomic E-state index is 0.0448. The van der Waals surface area contributed by atoms with Crippen molar-refractivity contribution in [1.29, 1.82) is 0 Å². The Morgan fingerprint density at radius 3 is 2.29 bits per heavy atom. The van der Waals surface area contributed by atoms with Gasteiger partial charge in [0.15, 0.2) is 0 Å². The predicted molar refractivity (Wildman–Crippen MR) is 61.9 cm³/mol. The van der Waals surface area contributed by atoms with Gasteiger partial charge in [-0.1, -0.05) is 13.8 Å². The molecule has 0 saturated carbocycles. The highest BCUT2D eigenvalue weighted by Crippen LogP contribution is 2.01. The molecule has 1 amide bonds. The van der Waals surface area contributed by atoms with E-state index in [1.54, 1.807) is 0 Å². The summed E-state index contributed by atoms with van der Waals surface area (Å²) in [6.45, 7) is 2.84. The molecular weight excluding hydrogens is 248 g/mol. The summed E-state index contributed by atoms with van der Waals surface area (Å²) in [7, 11) is -3.47. The van der Waals surface area contributed by atoms with Gasteiger partial charge < -0.3 is 10.4 Å². The summed E-state index contributed by atoms with van der Waals surface area (Å²) >= 11 is 0. The predicted octanol–water partition coefficient (Wildman–Crippen LogP) is -0.847. The average Bonchev–Trinajstić information content (AvgIpc) is 2.21. The van der Waals surface area contributed by atoms with Crippen molar-refractivity contribution in [2.75, 3.05) is 18.8 Å². The Labute approximate surface area is 101 Å². The Morgan fingerprint density at radius 1 is 1.24 bits per heavy atom. The largest absolute Gasteiger partial charge is 0.480 e. The van der Waals surface area contributed by atoms with E-state index in [-0.39, 0.29) is 11.7 Å². The lowest BCUT2D eigenvalue weighted by atomic mass is 10.2. The number of nitrogens with one attached hydrogen (secondary N) is 2. The standard InChI is InChI=1S/C9H18N2O5S/c1-7(2)3-4-17(15,16)11-5-8(12)10-6-9(13)14/h7,11H,3-6H2,1-2H3,(H,10,12)(H,13,14). The minimum Gasteiger partial charge on any atom is -0.480 e. The van der Waals surface area contributed by atoms with Crippen molar-refractivity contribution in [1.82, 2.24) is 10.0 Å². The molecule has 100 valence electrons. The first-order chi connectivity index (χ1) is 7.73. The van der Waals surface area contributed by atoms with Gasteiger partial charge >= 0.3 is 5.97 Å². The molecule has 0 aliphatic carbocycles. The molecule has 0 radical (unpaired) electrons. The highest BCUT2D eigenvalue weighted by atomic mass is 32.2. The number of aliphatic carboxylic acids is 1. The number of carboxylic acids is 1. The van der Waals surface area contributed by atoms with Gasteiger partial charge in [0.1, 0.15) is 6.54 Å². The van der Waals surface area contributed by atoms with Gasteiger partial charge in [0, 0.05) is 0 Å². The zero-order valence-corrected chi connectivity index (χ0v) is 10.7. The summed E-state index contributed by atoms with van der Waals surface area (Å²) in [4.78, 5) is 21.2. The van der Waals surface area contributed by atoms with Crippen LogP contribution in [-0.4, -0.2) is 44.2 Å². The monoisotopic (exact) mass is 266 g/mol. The van der Waals surface area contributed by atoms with Crippen LogP contribution in [0.25, 0.3) is 0 Å². The Bertz CT molecular complexity index is 364. The average molecular weight is 266 g/mol. The first-order valence-electron chi connectivity index (χ1n) is 5.19. The Kier molecular flexibility index (Phi) is 6.74. The van der Waals surface area contributed by atoms with Crippen LogP contribution in [0.5, 0.6) is 0 Å². The second-order valence-electron chi connectivity index (χ2n) is 3.99. The molecule has 0 aliphatic heterocycles. The molecule has 0 aromatic carbocycles. The minimum atomic E-state index is -3.47. The zero-order valence-electron chi connectivity index (χ0n) is 9.89. The quantitative estimate of drug-likeness (QED) is 0.530. The number of amides is 1. The van der Waals surface area contributed by atoms with Crippen LogP contribution in [0.1, 0.15) is 20.3 Å². The highest BCUT2D eigenvalue weighted by molar-refractivity contribution is 7.89. The van der Waals surface area contributed by atoms with E-state index in [1.165, 1.54) is 0 Å². The van der Waals surface area contributed by atoms with E-state index < -0.39 is 35.0 Å². The summed E-state index contributed by atoms with van der Waals surface area (Å²) in [5.41, 5.74) is 0. The van der Waals surface area contributed by atoms with Crippen LogP contribution in [0, 0.1) is 5.92 Å². The third kappa shape index (κ3) is 9.76. The van der Waals surface area contributed by atoms with Crippen LogP contribution in [0.2, 0.25) is 0 Å². The summed E-state index contributed by atoms with van der Waals surface area (Å²) in [5, 5.41) is 10.3.